The standard InChI is InChI=1S/C15H23NO2/c1-10-7-8-12(13(17)9-10)14(16)15(18)11-5-3-2-4-6-11/h7-9,11,14-15,17-18H,2-6,16H2,1H3/t14-,15+/m1/s1. The van der Waals surface area contributed by atoms with Crippen molar-refractivity contribution >= 4 is 0 Å². The first-order chi connectivity index (χ1) is 8.59. The molecule has 2 rings (SSSR count). The van der Waals surface area contributed by atoms with Crippen LogP contribution in [0.25, 0.3) is 0 Å². The van der Waals surface area contributed by atoms with Crippen LogP contribution in [0.15, 0.2) is 18.2 Å². The maximum absolute atomic E-state index is 10.4. The summed E-state index contributed by atoms with van der Waals surface area (Å²) in [6.07, 6.45) is 5.14. The number of phenolic OH excluding ortho intramolecular Hbond substituents is 1. The molecule has 1 fully saturated rings. The highest BCUT2D eigenvalue weighted by atomic mass is 16.3. The van der Waals surface area contributed by atoms with Gasteiger partial charge in [-0.25, -0.2) is 0 Å². The summed E-state index contributed by atoms with van der Waals surface area (Å²) >= 11 is 0. The first-order valence-electron chi connectivity index (χ1n) is 6.83. The minimum absolute atomic E-state index is 0.192. The van der Waals surface area contributed by atoms with Crippen LogP contribution in [0.3, 0.4) is 0 Å². The predicted molar refractivity (Wildman–Crippen MR) is 72.4 cm³/mol. The van der Waals surface area contributed by atoms with Crippen molar-refractivity contribution in [1.82, 2.24) is 0 Å². The Morgan fingerprint density at radius 3 is 2.50 bits per heavy atom. The molecule has 1 aliphatic rings. The van der Waals surface area contributed by atoms with Gasteiger partial charge in [-0.2, -0.15) is 0 Å². The molecule has 1 aliphatic carbocycles. The van der Waals surface area contributed by atoms with Crippen LogP contribution in [-0.2, 0) is 0 Å². The topological polar surface area (TPSA) is 66.5 Å². The molecule has 1 aromatic rings. The molecule has 0 bridgehead atoms. The van der Waals surface area contributed by atoms with Crippen LogP contribution in [0.5, 0.6) is 5.75 Å². The van der Waals surface area contributed by atoms with Crippen molar-refractivity contribution < 1.29 is 10.2 Å². The zero-order chi connectivity index (χ0) is 13.1. The number of aliphatic hydroxyl groups excluding tert-OH is 1. The number of rotatable bonds is 3. The van der Waals surface area contributed by atoms with Gasteiger partial charge in [-0.15, -0.1) is 0 Å². The van der Waals surface area contributed by atoms with Crippen molar-refractivity contribution in [2.24, 2.45) is 11.7 Å². The van der Waals surface area contributed by atoms with Gasteiger partial charge in [0, 0.05) is 5.56 Å². The summed E-state index contributed by atoms with van der Waals surface area (Å²) in [6, 6.07) is 4.95. The van der Waals surface area contributed by atoms with Gasteiger partial charge < -0.3 is 15.9 Å². The molecule has 18 heavy (non-hydrogen) atoms. The van der Waals surface area contributed by atoms with Gasteiger partial charge in [0.25, 0.3) is 0 Å². The van der Waals surface area contributed by atoms with Crippen LogP contribution in [0.2, 0.25) is 0 Å². The lowest BCUT2D eigenvalue weighted by molar-refractivity contribution is 0.0611. The van der Waals surface area contributed by atoms with Crippen LogP contribution in [-0.4, -0.2) is 16.3 Å². The Bertz CT molecular complexity index is 399. The van der Waals surface area contributed by atoms with E-state index in [0.717, 1.165) is 18.4 Å². The van der Waals surface area contributed by atoms with Gasteiger partial charge in [0.15, 0.2) is 0 Å². The van der Waals surface area contributed by atoms with Gasteiger partial charge in [-0.1, -0.05) is 31.4 Å². The molecule has 0 amide bonds. The van der Waals surface area contributed by atoms with E-state index in [1.165, 1.54) is 19.3 Å². The fourth-order valence-electron chi connectivity index (χ4n) is 2.89. The fraction of sp³-hybridized carbons (Fsp3) is 0.600. The number of phenols is 1. The van der Waals surface area contributed by atoms with E-state index in [0.29, 0.717) is 5.56 Å². The molecular weight excluding hydrogens is 226 g/mol. The number of benzene rings is 1. The smallest absolute Gasteiger partial charge is 0.120 e. The summed E-state index contributed by atoms with van der Waals surface area (Å²) in [7, 11) is 0. The molecule has 2 atom stereocenters. The highest BCUT2D eigenvalue weighted by Crippen LogP contribution is 2.34. The number of aromatic hydroxyl groups is 1. The highest BCUT2D eigenvalue weighted by molar-refractivity contribution is 5.38. The van der Waals surface area contributed by atoms with E-state index in [9.17, 15) is 10.2 Å². The summed E-state index contributed by atoms with van der Waals surface area (Å²) in [5.74, 6) is 0.465. The third kappa shape index (κ3) is 2.85. The molecule has 100 valence electrons. The zero-order valence-corrected chi connectivity index (χ0v) is 11.0. The van der Waals surface area contributed by atoms with Gasteiger partial charge in [-0.3, -0.25) is 0 Å². The van der Waals surface area contributed by atoms with Crippen molar-refractivity contribution in [3.63, 3.8) is 0 Å². The molecule has 0 saturated heterocycles. The Hall–Kier alpha value is -1.06. The van der Waals surface area contributed by atoms with Gasteiger partial charge >= 0.3 is 0 Å². The van der Waals surface area contributed by atoms with Gasteiger partial charge in [0.1, 0.15) is 5.75 Å². The Kier molecular flexibility index (Phi) is 4.25. The Morgan fingerprint density at radius 1 is 1.22 bits per heavy atom. The first kappa shape index (κ1) is 13.4. The number of hydrogen-bond donors (Lipinski definition) is 3. The molecule has 0 radical (unpaired) electrons. The van der Waals surface area contributed by atoms with E-state index in [2.05, 4.69) is 0 Å². The minimum Gasteiger partial charge on any atom is -0.508 e. The molecule has 0 unspecified atom stereocenters. The highest BCUT2D eigenvalue weighted by Gasteiger charge is 2.28. The van der Waals surface area contributed by atoms with E-state index >= 15 is 0 Å². The van der Waals surface area contributed by atoms with E-state index < -0.39 is 12.1 Å². The van der Waals surface area contributed by atoms with Crippen molar-refractivity contribution in [3.8, 4) is 5.75 Å². The van der Waals surface area contributed by atoms with Crippen LogP contribution in [0, 0.1) is 12.8 Å². The molecule has 0 aliphatic heterocycles. The van der Waals surface area contributed by atoms with Crippen molar-refractivity contribution in [2.45, 2.75) is 51.2 Å². The minimum atomic E-state index is -0.557. The third-order valence-electron chi connectivity index (χ3n) is 4.05. The molecule has 3 nitrogen and oxygen atoms in total. The van der Waals surface area contributed by atoms with Crippen molar-refractivity contribution in [3.05, 3.63) is 29.3 Å². The SMILES string of the molecule is Cc1ccc([C@@H](N)[C@@H](O)C2CCCCC2)c(O)c1. The normalized spacial score (nSPS) is 20.6. The number of nitrogens with two attached hydrogens (primary N) is 1. The molecule has 4 N–H and O–H groups in total. The molecular formula is C15H23NO2. The monoisotopic (exact) mass is 249 g/mol. The first-order valence-corrected chi connectivity index (χ1v) is 6.83. The second-order valence-electron chi connectivity index (χ2n) is 5.48. The lowest BCUT2D eigenvalue weighted by atomic mass is 9.81. The quantitative estimate of drug-likeness (QED) is 0.771. The number of aryl methyl sites for hydroxylation is 1. The van der Waals surface area contributed by atoms with Gasteiger partial charge in [-0.05, 0) is 37.3 Å². The summed E-state index contributed by atoms with van der Waals surface area (Å²) in [5.41, 5.74) is 7.76. The van der Waals surface area contributed by atoms with Crippen LogP contribution in [0.1, 0.15) is 49.3 Å². The molecule has 1 aromatic carbocycles. The largest absolute Gasteiger partial charge is 0.508 e. The second-order valence-corrected chi connectivity index (χ2v) is 5.48. The maximum Gasteiger partial charge on any atom is 0.120 e. The molecule has 3 heteroatoms. The summed E-state index contributed by atoms with van der Waals surface area (Å²) < 4.78 is 0. The van der Waals surface area contributed by atoms with E-state index in [1.54, 1.807) is 6.07 Å². The summed E-state index contributed by atoms with van der Waals surface area (Å²) in [5, 5.41) is 20.3. The molecule has 0 spiro atoms. The van der Waals surface area contributed by atoms with E-state index in [-0.39, 0.29) is 11.7 Å². The van der Waals surface area contributed by atoms with Gasteiger partial charge in [0.05, 0.1) is 12.1 Å². The van der Waals surface area contributed by atoms with E-state index in [1.807, 2.05) is 19.1 Å². The average Bonchev–Trinajstić information content (AvgIpc) is 2.38. The zero-order valence-electron chi connectivity index (χ0n) is 11.0. The Morgan fingerprint density at radius 2 is 1.89 bits per heavy atom. The Labute approximate surface area is 109 Å². The van der Waals surface area contributed by atoms with Crippen LogP contribution >= 0.6 is 0 Å². The van der Waals surface area contributed by atoms with Crippen molar-refractivity contribution in [1.29, 1.82) is 0 Å². The van der Waals surface area contributed by atoms with Gasteiger partial charge in [0.2, 0.25) is 0 Å². The fourth-order valence-corrected chi connectivity index (χ4v) is 2.89. The third-order valence-corrected chi connectivity index (χ3v) is 4.05. The summed E-state index contributed by atoms with van der Waals surface area (Å²) in [4.78, 5) is 0. The van der Waals surface area contributed by atoms with Crippen molar-refractivity contribution in [2.75, 3.05) is 0 Å². The molecule has 0 aromatic heterocycles. The number of hydrogen-bond acceptors (Lipinski definition) is 3. The van der Waals surface area contributed by atoms with Crippen LogP contribution in [0.4, 0.5) is 0 Å². The van der Waals surface area contributed by atoms with E-state index in [4.69, 9.17) is 5.73 Å². The predicted octanol–water partition coefficient (Wildman–Crippen LogP) is 2.64. The van der Waals surface area contributed by atoms with Crippen LogP contribution < -0.4 is 5.73 Å². The Balaban J connectivity index is 2.11. The maximum atomic E-state index is 10.4. The number of aliphatic hydroxyl groups is 1. The lowest BCUT2D eigenvalue weighted by Gasteiger charge is -2.30. The summed E-state index contributed by atoms with van der Waals surface area (Å²) in [6.45, 7) is 1.92. The average molecular weight is 249 g/mol. The molecule has 1 saturated carbocycles. The molecule has 0 heterocycles. The lowest BCUT2D eigenvalue weighted by Crippen LogP contribution is -2.34. The second kappa shape index (κ2) is 5.72.